The van der Waals surface area contributed by atoms with Crippen LogP contribution in [0.5, 0.6) is 0 Å². The summed E-state index contributed by atoms with van der Waals surface area (Å²) in [6.45, 7) is 11.1. The molecule has 2 heteroatoms. The van der Waals surface area contributed by atoms with E-state index in [1.54, 1.807) is 7.11 Å². The maximum absolute atomic E-state index is 5.05. The molecule has 0 aliphatic heterocycles. The molecule has 0 heterocycles. The number of allylic oxidation sites excluding steroid dienone is 5. The third-order valence-electron chi connectivity index (χ3n) is 2.18. The number of nitrogens with zero attached hydrogens (tertiary/aromatic N) is 1. The van der Waals surface area contributed by atoms with Gasteiger partial charge in [0, 0.05) is 19.3 Å². The molecule has 0 aromatic carbocycles. The number of hydrogen-bond donors (Lipinski definition) is 0. The zero-order valence-corrected chi connectivity index (χ0v) is 9.92. The highest BCUT2D eigenvalue weighted by atomic mass is 16.5. The molecule has 0 atom stereocenters. The normalized spacial score (nSPS) is 12.6. The molecule has 0 N–H and O–H groups in total. The lowest BCUT2D eigenvalue weighted by Gasteiger charge is -2.17. The van der Waals surface area contributed by atoms with E-state index in [1.165, 1.54) is 5.70 Å². The van der Waals surface area contributed by atoms with E-state index in [2.05, 4.69) is 32.4 Å². The highest BCUT2D eigenvalue weighted by Crippen LogP contribution is 2.07. The van der Waals surface area contributed by atoms with Gasteiger partial charge in [-0.25, -0.2) is 0 Å². The summed E-state index contributed by atoms with van der Waals surface area (Å²) in [6, 6.07) is 0. The van der Waals surface area contributed by atoms with Gasteiger partial charge in [0.15, 0.2) is 0 Å². The highest BCUT2D eigenvalue weighted by molar-refractivity contribution is 5.30. The van der Waals surface area contributed by atoms with Crippen molar-refractivity contribution in [2.45, 2.75) is 20.8 Å². The average molecular weight is 195 g/mol. The molecule has 0 saturated heterocycles. The average Bonchev–Trinajstić information content (AvgIpc) is 2.15. The predicted molar refractivity (Wildman–Crippen MR) is 62.0 cm³/mol. The second-order valence-corrected chi connectivity index (χ2v) is 3.33. The van der Waals surface area contributed by atoms with Crippen LogP contribution in [0, 0.1) is 0 Å². The first-order chi connectivity index (χ1) is 6.51. The first kappa shape index (κ1) is 12.8. The molecule has 0 fully saturated rings. The molecule has 0 bridgehead atoms. The quantitative estimate of drug-likeness (QED) is 0.494. The minimum absolute atomic E-state index is 0.873. The SMILES string of the molecule is C=C(C=C(C)OC)C=C(C)N(C)CC. The molecule has 0 unspecified atom stereocenters. The largest absolute Gasteiger partial charge is 0.501 e. The van der Waals surface area contributed by atoms with Crippen molar-refractivity contribution < 1.29 is 4.74 Å². The van der Waals surface area contributed by atoms with Crippen LogP contribution in [0.25, 0.3) is 0 Å². The molecule has 0 aliphatic carbocycles. The van der Waals surface area contributed by atoms with Crippen LogP contribution in [-0.4, -0.2) is 25.6 Å². The molecule has 0 saturated carbocycles. The van der Waals surface area contributed by atoms with E-state index < -0.39 is 0 Å². The summed E-state index contributed by atoms with van der Waals surface area (Å²) in [6.07, 6.45) is 3.97. The van der Waals surface area contributed by atoms with Gasteiger partial charge >= 0.3 is 0 Å². The maximum Gasteiger partial charge on any atom is 0.0930 e. The van der Waals surface area contributed by atoms with Crippen LogP contribution in [0.3, 0.4) is 0 Å². The van der Waals surface area contributed by atoms with Gasteiger partial charge in [0.05, 0.1) is 12.9 Å². The predicted octanol–water partition coefficient (Wildman–Crippen LogP) is 2.95. The summed E-state index contributed by atoms with van der Waals surface area (Å²) in [5, 5.41) is 0. The lowest BCUT2D eigenvalue weighted by atomic mass is 10.2. The van der Waals surface area contributed by atoms with Crippen LogP contribution >= 0.6 is 0 Å². The van der Waals surface area contributed by atoms with Crippen molar-refractivity contribution in [3.63, 3.8) is 0 Å². The van der Waals surface area contributed by atoms with Crippen LogP contribution in [0.2, 0.25) is 0 Å². The Labute approximate surface area is 87.6 Å². The van der Waals surface area contributed by atoms with Gasteiger partial charge in [-0.15, -0.1) is 0 Å². The smallest absolute Gasteiger partial charge is 0.0930 e. The van der Waals surface area contributed by atoms with E-state index in [4.69, 9.17) is 4.74 Å². The molecular formula is C12H21NO. The Morgan fingerprint density at radius 2 is 1.93 bits per heavy atom. The monoisotopic (exact) mass is 195 g/mol. The fraction of sp³-hybridized carbons (Fsp3) is 0.500. The van der Waals surface area contributed by atoms with Crippen molar-refractivity contribution >= 4 is 0 Å². The van der Waals surface area contributed by atoms with Gasteiger partial charge in [0.25, 0.3) is 0 Å². The van der Waals surface area contributed by atoms with Crippen molar-refractivity contribution in [3.8, 4) is 0 Å². The van der Waals surface area contributed by atoms with Crippen LogP contribution in [0.1, 0.15) is 20.8 Å². The Balaban J connectivity index is 4.44. The summed E-state index contributed by atoms with van der Waals surface area (Å²) in [4.78, 5) is 2.17. The molecule has 80 valence electrons. The highest BCUT2D eigenvalue weighted by Gasteiger charge is 1.95. The zero-order valence-electron chi connectivity index (χ0n) is 9.92. The molecule has 0 radical (unpaired) electrons. The van der Waals surface area contributed by atoms with E-state index in [0.29, 0.717) is 0 Å². The number of methoxy groups -OCH3 is 1. The molecule has 14 heavy (non-hydrogen) atoms. The first-order valence-corrected chi connectivity index (χ1v) is 4.81. The van der Waals surface area contributed by atoms with E-state index in [1.807, 2.05) is 19.1 Å². The van der Waals surface area contributed by atoms with Crippen LogP contribution in [0.4, 0.5) is 0 Å². The molecule has 0 aliphatic rings. The maximum atomic E-state index is 5.05. The number of hydrogen-bond acceptors (Lipinski definition) is 2. The Morgan fingerprint density at radius 1 is 1.36 bits per heavy atom. The van der Waals surface area contributed by atoms with Gasteiger partial charge in [-0.3, -0.25) is 0 Å². The number of ether oxygens (including phenoxy) is 1. The molecule has 0 spiro atoms. The van der Waals surface area contributed by atoms with Gasteiger partial charge in [-0.2, -0.15) is 0 Å². The van der Waals surface area contributed by atoms with E-state index >= 15 is 0 Å². The lowest BCUT2D eigenvalue weighted by molar-refractivity contribution is 0.293. The topological polar surface area (TPSA) is 12.5 Å². The second kappa shape index (κ2) is 6.30. The molecular weight excluding hydrogens is 174 g/mol. The third-order valence-corrected chi connectivity index (χ3v) is 2.18. The van der Waals surface area contributed by atoms with Gasteiger partial charge in [-0.05, 0) is 38.5 Å². The van der Waals surface area contributed by atoms with E-state index in [0.717, 1.165) is 17.9 Å². The Kier molecular flexibility index (Phi) is 5.77. The molecule has 0 amide bonds. The number of rotatable bonds is 5. The summed E-state index contributed by atoms with van der Waals surface area (Å²) in [7, 11) is 3.72. The van der Waals surface area contributed by atoms with Crippen molar-refractivity contribution in [2.75, 3.05) is 20.7 Å². The fourth-order valence-electron chi connectivity index (χ4n) is 0.990. The minimum atomic E-state index is 0.873. The van der Waals surface area contributed by atoms with Gasteiger partial charge < -0.3 is 9.64 Å². The van der Waals surface area contributed by atoms with Crippen molar-refractivity contribution in [2.24, 2.45) is 0 Å². The first-order valence-electron chi connectivity index (χ1n) is 4.81. The fourth-order valence-corrected chi connectivity index (χ4v) is 0.990. The van der Waals surface area contributed by atoms with Crippen LogP contribution in [-0.2, 0) is 4.74 Å². The summed E-state index contributed by atoms with van der Waals surface area (Å²) >= 11 is 0. The Bertz CT molecular complexity index is 251. The van der Waals surface area contributed by atoms with Gasteiger partial charge in [-0.1, -0.05) is 6.58 Å². The molecule has 0 aromatic heterocycles. The molecule has 2 nitrogen and oxygen atoms in total. The summed E-state index contributed by atoms with van der Waals surface area (Å²) < 4.78 is 5.05. The van der Waals surface area contributed by atoms with Crippen LogP contribution < -0.4 is 0 Å². The van der Waals surface area contributed by atoms with Gasteiger partial charge in [0.2, 0.25) is 0 Å². The molecule has 0 rings (SSSR count). The Hall–Kier alpha value is -1.18. The standard InChI is InChI=1S/C12H21NO/c1-7-13(5)11(3)8-10(2)9-12(4)14-6/h8-9H,2,7H2,1,3-6H3. The van der Waals surface area contributed by atoms with Crippen LogP contribution in [0.15, 0.2) is 35.8 Å². The summed E-state index contributed by atoms with van der Waals surface area (Å²) in [5.41, 5.74) is 2.17. The molecule has 0 aromatic rings. The van der Waals surface area contributed by atoms with Crippen molar-refractivity contribution in [1.82, 2.24) is 4.90 Å². The van der Waals surface area contributed by atoms with E-state index in [-0.39, 0.29) is 0 Å². The van der Waals surface area contributed by atoms with Crippen molar-refractivity contribution in [1.29, 1.82) is 0 Å². The van der Waals surface area contributed by atoms with Crippen molar-refractivity contribution in [3.05, 3.63) is 35.8 Å². The summed E-state index contributed by atoms with van der Waals surface area (Å²) in [5.74, 6) is 0.873. The second-order valence-electron chi connectivity index (χ2n) is 3.33. The Morgan fingerprint density at radius 3 is 2.36 bits per heavy atom. The van der Waals surface area contributed by atoms with E-state index in [9.17, 15) is 0 Å². The zero-order chi connectivity index (χ0) is 11.1. The minimum Gasteiger partial charge on any atom is -0.501 e. The van der Waals surface area contributed by atoms with Gasteiger partial charge in [0.1, 0.15) is 0 Å². The third kappa shape index (κ3) is 4.75. The lowest BCUT2D eigenvalue weighted by Crippen LogP contribution is -2.14.